The minimum atomic E-state index is 0.143. The maximum absolute atomic E-state index is 6.37. The Bertz CT molecular complexity index is 652. The van der Waals surface area contributed by atoms with Crippen molar-refractivity contribution >= 4 is 28.6 Å². The van der Waals surface area contributed by atoms with Crippen molar-refractivity contribution < 1.29 is 4.74 Å². The Kier molecular flexibility index (Phi) is 3.09. The van der Waals surface area contributed by atoms with Gasteiger partial charge in [0.15, 0.2) is 5.82 Å². The summed E-state index contributed by atoms with van der Waals surface area (Å²) < 4.78 is 14.5. The number of ether oxygens (including phenoxy) is 1. The lowest BCUT2D eigenvalue weighted by Gasteiger charge is -2.41. The first kappa shape index (κ1) is 13.4. The molecule has 2 aliphatic heterocycles. The number of nitrogens with two attached hydrogens (primary N) is 1. The molecule has 7 heteroatoms. The van der Waals surface area contributed by atoms with Gasteiger partial charge in [-0.15, -0.1) is 0 Å². The maximum Gasteiger partial charge on any atom is 0.157 e. The number of rotatable bonds is 1. The quantitative estimate of drug-likeness (QED) is 0.858. The summed E-state index contributed by atoms with van der Waals surface area (Å²) in [5, 5.41) is 0. The Morgan fingerprint density at radius 2 is 2.19 bits per heavy atom. The lowest BCUT2D eigenvalue weighted by molar-refractivity contribution is 0.0974. The molecule has 2 saturated heterocycles. The SMILES string of the molecule is C[C@@H]1OCC2(CCN(c3nccc4nsnc34)CC2)[C@@H]1N. The van der Waals surface area contributed by atoms with Crippen LogP contribution in [0.25, 0.3) is 11.0 Å². The second kappa shape index (κ2) is 4.86. The van der Waals surface area contributed by atoms with Crippen LogP contribution in [0.2, 0.25) is 0 Å². The Morgan fingerprint density at radius 3 is 2.90 bits per heavy atom. The van der Waals surface area contributed by atoms with Crippen molar-refractivity contribution in [2.24, 2.45) is 11.1 Å². The molecule has 0 bridgehead atoms. The number of piperidine rings is 1. The fraction of sp³-hybridized carbons (Fsp3) is 0.643. The summed E-state index contributed by atoms with van der Waals surface area (Å²) in [6, 6.07) is 2.06. The smallest absolute Gasteiger partial charge is 0.157 e. The van der Waals surface area contributed by atoms with Crippen LogP contribution < -0.4 is 10.6 Å². The summed E-state index contributed by atoms with van der Waals surface area (Å²) >= 11 is 1.24. The second-order valence-corrected chi connectivity index (χ2v) is 6.69. The van der Waals surface area contributed by atoms with Gasteiger partial charge >= 0.3 is 0 Å². The zero-order valence-electron chi connectivity index (χ0n) is 12.0. The van der Waals surface area contributed by atoms with Gasteiger partial charge in [0.1, 0.15) is 11.0 Å². The first-order chi connectivity index (χ1) is 10.2. The van der Waals surface area contributed by atoms with Crippen molar-refractivity contribution in [3.8, 4) is 0 Å². The molecule has 4 heterocycles. The molecule has 2 atom stereocenters. The Morgan fingerprint density at radius 1 is 1.38 bits per heavy atom. The fourth-order valence-corrected chi connectivity index (χ4v) is 4.10. The third-order valence-electron chi connectivity index (χ3n) is 5.06. The fourth-order valence-electron chi connectivity index (χ4n) is 3.57. The molecular formula is C14H19N5OS. The van der Waals surface area contributed by atoms with Gasteiger partial charge < -0.3 is 15.4 Å². The molecule has 0 amide bonds. The van der Waals surface area contributed by atoms with Crippen LogP contribution in [0.4, 0.5) is 5.82 Å². The van der Waals surface area contributed by atoms with Crippen LogP contribution in [-0.4, -0.2) is 45.6 Å². The number of pyridine rings is 1. The molecule has 0 radical (unpaired) electrons. The molecule has 21 heavy (non-hydrogen) atoms. The molecule has 0 saturated carbocycles. The van der Waals surface area contributed by atoms with E-state index in [0.29, 0.717) is 0 Å². The minimum Gasteiger partial charge on any atom is -0.376 e. The Hall–Kier alpha value is -1.31. The number of fused-ring (bicyclic) bond motifs is 1. The normalized spacial score (nSPS) is 28.6. The zero-order valence-corrected chi connectivity index (χ0v) is 12.8. The minimum absolute atomic E-state index is 0.143. The molecule has 2 aliphatic rings. The first-order valence-electron chi connectivity index (χ1n) is 7.39. The zero-order chi connectivity index (χ0) is 14.4. The topological polar surface area (TPSA) is 77.2 Å². The van der Waals surface area contributed by atoms with E-state index in [1.54, 1.807) is 0 Å². The van der Waals surface area contributed by atoms with Crippen molar-refractivity contribution in [1.82, 2.24) is 13.7 Å². The molecule has 1 spiro atoms. The summed E-state index contributed by atoms with van der Waals surface area (Å²) in [6.07, 6.45) is 4.08. The molecule has 0 aromatic carbocycles. The van der Waals surface area contributed by atoms with Crippen LogP contribution in [0.1, 0.15) is 19.8 Å². The predicted molar refractivity (Wildman–Crippen MR) is 82.5 cm³/mol. The number of anilines is 1. The van der Waals surface area contributed by atoms with Gasteiger partial charge in [0, 0.05) is 30.7 Å². The van der Waals surface area contributed by atoms with Crippen LogP contribution in [-0.2, 0) is 4.74 Å². The molecule has 2 aromatic rings. The van der Waals surface area contributed by atoms with E-state index in [9.17, 15) is 0 Å². The largest absolute Gasteiger partial charge is 0.376 e. The van der Waals surface area contributed by atoms with Crippen LogP contribution >= 0.6 is 11.7 Å². The highest BCUT2D eigenvalue weighted by Crippen LogP contribution is 2.42. The molecule has 2 N–H and O–H groups in total. The van der Waals surface area contributed by atoms with Gasteiger partial charge in [-0.2, -0.15) is 8.75 Å². The summed E-state index contributed by atoms with van der Waals surface area (Å²) in [5.74, 6) is 0.955. The molecule has 112 valence electrons. The van der Waals surface area contributed by atoms with Crippen LogP contribution in [0.5, 0.6) is 0 Å². The molecule has 0 unspecified atom stereocenters. The third kappa shape index (κ3) is 2.03. The van der Waals surface area contributed by atoms with Crippen LogP contribution in [0.15, 0.2) is 12.3 Å². The maximum atomic E-state index is 6.37. The predicted octanol–water partition coefficient (Wildman–Crippen LogP) is 1.42. The summed E-state index contributed by atoms with van der Waals surface area (Å²) in [4.78, 5) is 6.83. The van der Waals surface area contributed by atoms with Gasteiger partial charge in [0.05, 0.1) is 24.4 Å². The van der Waals surface area contributed by atoms with Gasteiger partial charge in [0.25, 0.3) is 0 Å². The van der Waals surface area contributed by atoms with Crippen molar-refractivity contribution in [2.75, 3.05) is 24.6 Å². The highest BCUT2D eigenvalue weighted by atomic mass is 32.1. The van der Waals surface area contributed by atoms with E-state index in [2.05, 4.69) is 25.6 Å². The lowest BCUT2D eigenvalue weighted by atomic mass is 9.73. The van der Waals surface area contributed by atoms with Crippen molar-refractivity contribution in [2.45, 2.75) is 31.9 Å². The molecule has 4 rings (SSSR count). The first-order valence-corrected chi connectivity index (χ1v) is 8.12. The monoisotopic (exact) mass is 305 g/mol. The molecule has 0 aliphatic carbocycles. The van der Waals surface area contributed by atoms with E-state index in [0.717, 1.165) is 49.4 Å². The van der Waals surface area contributed by atoms with E-state index in [1.807, 2.05) is 12.3 Å². The van der Waals surface area contributed by atoms with Gasteiger partial charge in [-0.1, -0.05) is 0 Å². The number of hydrogen-bond acceptors (Lipinski definition) is 7. The number of aromatic nitrogens is 3. The standard InChI is InChI=1S/C14H19N5OS/c1-9-12(15)14(8-20-9)3-6-19(7-4-14)13-11-10(2-5-16-13)17-21-18-11/h2,5,9,12H,3-4,6-8,15H2,1H3/t9-,12+/m0/s1. The van der Waals surface area contributed by atoms with E-state index in [-0.39, 0.29) is 17.6 Å². The molecular weight excluding hydrogens is 286 g/mol. The van der Waals surface area contributed by atoms with E-state index >= 15 is 0 Å². The van der Waals surface area contributed by atoms with Crippen molar-refractivity contribution in [3.05, 3.63) is 12.3 Å². The van der Waals surface area contributed by atoms with Gasteiger partial charge in [-0.05, 0) is 25.8 Å². The Balaban J connectivity index is 1.57. The average molecular weight is 305 g/mol. The Labute approximate surface area is 127 Å². The molecule has 2 aromatic heterocycles. The van der Waals surface area contributed by atoms with E-state index in [1.165, 1.54) is 11.7 Å². The number of hydrogen-bond donors (Lipinski definition) is 1. The van der Waals surface area contributed by atoms with Crippen LogP contribution in [0, 0.1) is 5.41 Å². The van der Waals surface area contributed by atoms with E-state index in [4.69, 9.17) is 10.5 Å². The lowest BCUT2D eigenvalue weighted by Crippen LogP contribution is -2.50. The summed E-state index contributed by atoms with van der Waals surface area (Å²) in [7, 11) is 0. The van der Waals surface area contributed by atoms with Crippen molar-refractivity contribution in [1.29, 1.82) is 0 Å². The van der Waals surface area contributed by atoms with E-state index < -0.39 is 0 Å². The van der Waals surface area contributed by atoms with Crippen LogP contribution in [0.3, 0.4) is 0 Å². The highest BCUT2D eigenvalue weighted by molar-refractivity contribution is 7.00. The molecule has 2 fully saturated rings. The average Bonchev–Trinajstić information content (AvgIpc) is 3.09. The second-order valence-electron chi connectivity index (χ2n) is 6.16. The summed E-state index contributed by atoms with van der Waals surface area (Å²) in [6.45, 7) is 4.77. The number of nitrogens with zero attached hydrogens (tertiary/aromatic N) is 4. The molecule has 6 nitrogen and oxygen atoms in total. The van der Waals surface area contributed by atoms with Gasteiger partial charge in [-0.3, -0.25) is 0 Å². The van der Waals surface area contributed by atoms with Gasteiger partial charge in [0.2, 0.25) is 0 Å². The highest BCUT2D eigenvalue weighted by Gasteiger charge is 2.47. The summed E-state index contributed by atoms with van der Waals surface area (Å²) in [5.41, 5.74) is 8.36. The van der Waals surface area contributed by atoms with Gasteiger partial charge in [-0.25, -0.2) is 4.98 Å². The van der Waals surface area contributed by atoms with Crippen molar-refractivity contribution in [3.63, 3.8) is 0 Å². The third-order valence-corrected chi connectivity index (χ3v) is 5.60.